The Bertz CT molecular complexity index is 1770. The predicted molar refractivity (Wildman–Crippen MR) is 156 cm³/mol. The summed E-state index contributed by atoms with van der Waals surface area (Å²) in [5.74, 6) is 1.55. The molecule has 1 amide bonds. The summed E-state index contributed by atoms with van der Waals surface area (Å²) in [4.78, 5) is 30.8. The second-order valence-corrected chi connectivity index (χ2v) is 9.42. The maximum absolute atomic E-state index is 13.2. The van der Waals surface area contributed by atoms with E-state index in [9.17, 15) is 9.59 Å². The van der Waals surface area contributed by atoms with Crippen molar-refractivity contribution in [3.05, 3.63) is 100 Å². The quantitative estimate of drug-likeness (QED) is 0.270. The number of nitrogens with zero attached hydrogens (tertiary/aromatic N) is 3. The van der Waals surface area contributed by atoms with E-state index in [-0.39, 0.29) is 18.8 Å². The van der Waals surface area contributed by atoms with Gasteiger partial charge >= 0.3 is 0 Å². The second-order valence-electron chi connectivity index (χ2n) is 9.42. The van der Waals surface area contributed by atoms with Crippen molar-refractivity contribution in [1.82, 2.24) is 14.3 Å². The van der Waals surface area contributed by atoms with E-state index in [4.69, 9.17) is 19.3 Å². The number of fused-ring (bicyclic) bond motifs is 1. The summed E-state index contributed by atoms with van der Waals surface area (Å²) in [5.41, 5.74) is 3.14. The van der Waals surface area contributed by atoms with Crippen molar-refractivity contribution < 1.29 is 24.1 Å². The lowest BCUT2D eigenvalue weighted by molar-refractivity contribution is 0.102. The highest BCUT2D eigenvalue weighted by atomic mass is 16.5. The number of aliphatic hydroxyl groups excluding tert-OH is 1. The van der Waals surface area contributed by atoms with Crippen LogP contribution in [-0.2, 0) is 7.05 Å². The normalized spacial score (nSPS) is 11.0. The molecule has 0 saturated carbocycles. The van der Waals surface area contributed by atoms with Crippen molar-refractivity contribution in [3.63, 3.8) is 0 Å². The molecule has 0 unspecified atom stereocenters. The van der Waals surface area contributed by atoms with Crippen molar-refractivity contribution >= 4 is 22.5 Å². The number of aliphatic hydroxyl groups is 1. The molecule has 2 aromatic heterocycles. The number of carbonyl (C=O) groups is 1. The van der Waals surface area contributed by atoms with Crippen molar-refractivity contribution in [3.8, 4) is 28.7 Å². The van der Waals surface area contributed by atoms with Crippen LogP contribution in [0, 0.1) is 13.8 Å². The molecule has 0 aliphatic rings. The highest BCUT2D eigenvalue weighted by molar-refractivity contribution is 6.05. The summed E-state index contributed by atoms with van der Waals surface area (Å²) in [6.07, 6.45) is 1.63. The van der Waals surface area contributed by atoms with E-state index in [1.807, 2.05) is 31.2 Å². The fourth-order valence-electron chi connectivity index (χ4n) is 4.52. The molecule has 210 valence electrons. The first kappa shape index (κ1) is 27.5. The molecule has 10 nitrogen and oxygen atoms in total. The Morgan fingerprint density at radius 3 is 2.39 bits per heavy atom. The van der Waals surface area contributed by atoms with Gasteiger partial charge in [-0.2, -0.15) is 0 Å². The average Bonchev–Trinajstić information content (AvgIpc) is 3.20. The van der Waals surface area contributed by atoms with Crippen LogP contribution < -0.4 is 25.1 Å². The molecule has 0 bridgehead atoms. The van der Waals surface area contributed by atoms with Gasteiger partial charge in [0.05, 0.1) is 30.6 Å². The fraction of sp³-hybridized carbons (Fsp3) is 0.194. The van der Waals surface area contributed by atoms with Crippen molar-refractivity contribution in [2.75, 3.05) is 25.6 Å². The van der Waals surface area contributed by atoms with Gasteiger partial charge in [-0.3, -0.25) is 19.3 Å². The first-order chi connectivity index (χ1) is 19.8. The number of ether oxygens (including phenoxy) is 3. The van der Waals surface area contributed by atoms with Gasteiger partial charge in [0.25, 0.3) is 11.5 Å². The average molecular weight is 555 g/mol. The first-order valence-electron chi connectivity index (χ1n) is 13.0. The van der Waals surface area contributed by atoms with Crippen molar-refractivity contribution in [2.45, 2.75) is 13.8 Å². The third-order valence-electron chi connectivity index (χ3n) is 6.73. The zero-order valence-electron chi connectivity index (χ0n) is 23.2. The van der Waals surface area contributed by atoms with Crippen LogP contribution in [0.2, 0.25) is 0 Å². The van der Waals surface area contributed by atoms with Crippen LogP contribution in [0.1, 0.15) is 21.6 Å². The molecular formula is C31H30N4O6. The van der Waals surface area contributed by atoms with E-state index in [1.54, 1.807) is 67.3 Å². The Morgan fingerprint density at radius 2 is 1.71 bits per heavy atom. The van der Waals surface area contributed by atoms with E-state index >= 15 is 0 Å². The summed E-state index contributed by atoms with van der Waals surface area (Å²) < 4.78 is 20.3. The molecule has 5 rings (SSSR count). The number of benzene rings is 3. The summed E-state index contributed by atoms with van der Waals surface area (Å²) >= 11 is 0. The minimum atomic E-state index is -0.492. The van der Waals surface area contributed by atoms with Gasteiger partial charge in [0, 0.05) is 30.4 Å². The Hall–Kier alpha value is -5.09. The molecular weight excluding hydrogens is 524 g/mol. The zero-order chi connectivity index (χ0) is 29.1. The fourth-order valence-corrected chi connectivity index (χ4v) is 4.52. The first-order valence-corrected chi connectivity index (χ1v) is 13.0. The van der Waals surface area contributed by atoms with E-state index in [2.05, 4.69) is 10.3 Å². The summed E-state index contributed by atoms with van der Waals surface area (Å²) in [6.45, 7) is 3.73. The lowest BCUT2D eigenvalue weighted by atomic mass is 10.1. The molecule has 5 aromatic rings. The topological polar surface area (TPSA) is 117 Å². The lowest BCUT2D eigenvalue weighted by Crippen LogP contribution is -2.25. The molecule has 0 atom stereocenters. The highest BCUT2D eigenvalue weighted by Gasteiger charge is 2.22. The third-order valence-corrected chi connectivity index (χ3v) is 6.73. The lowest BCUT2D eigenvalue weighted by Gasteiger charge is -2.13. The highest BCUT2D eigenvalue weighted by Crippen LogP contribution is 2.37. The number of hydrogen-bond donors (Lipinski definition) is 2. The zero-order valence-corrected chi connectivity index (χ0v) is 23.2. The SMILES string of the molecule is COc1cc2c(Oc3ccc(NC(=O)c4c(C)n(C)n(-c5ccc(C)cc5)c4=O)cc3)ccnc2cc1OCCO. The van der Waals surface area contributed by atoms with E-state index < -0.39 is 11.5 Å². The molecule has 2 N–H and O–H groups in total. The smallest absolute Gasteiger partial charge is 0.284 e. The maximum atomic E-state index is 13.2. The summed E-state index contributed by atoms with van der Waals surface area (Å²) in [5, 5.41) is 12.6. The summed E-state index contributed by atoms with van der Waals surface area (Å²) in [6, 6.07) is 19.6. The number of carbonyl (C=O) groups excluding carboxylic acids is 1. The molecule has 0 saturated heterocycles. The number of methoxy groups -OCH3 is 1. The molecule has 0 aliphatic carbocycles. The van der Waals surface area contributed by atoms with Gasteiger partial charge in [-0.05, 0) is 62.4 Å². The predicted octanol–water partition coefficient (Wildman–Crippen LogP) is 4.77. The Morgan fingerprint density at radius 1 is 0.976 bits per heavy atom. The minimum Gasteiger partial charge on any atom is -0.493 e. The van der Waals surface area contributed by atoms with Crippen LogP contribution in [0.25, 0.3) is 16.6 Å². The number of anilines is 1. The van der Waals surface area contributed by atoms with Gasteiger partial charge < -0.3 is 24.6 Å². The van der Waals surface area contributed by atoms with Crippen LogP contribution in [-0.4, -0.2) is 45.7 Å². The van der Waals surface area contributed by atoms with Crippen LogP contribution in [0.15, 0.2) is 77.7 Å². The number of aromatic nitrogens is 3. The number of hydrogen-bond acceptors (Lipinski definition) is 7. The van der Waals surface area contributed by atoms with Crippen LogP contribution in [0.5, 0.6) is 23.0 Å². The molecule has 0 fully saturated rings. The van der Waals surface area contributed by atoms with E-state index in [0.29, 0.717) is 51.0 Å². The van der Waals surface area contributed by atoms with Gasteiger partial charge in [0.2, 0.25) is 0 Å². The monoisotopic (exact) mass is 554 g/mol. The molecule has 0 spiro atoms. The van der Waals surface area contributed by atoms with Gasteiger partial charge in [-0.25, -0.2) is 4.68 Å². The molecule has 0 radical (unpaired) electrons. The molecule has 0 aliphatic heterocycles. The number of amides is 1. The number of pyridine rings is 1. The Balaban J connectivity index is 1.35. The van der Waals surface area contributed by atoms with Gasteiger partial charge in [0.1, 0.15) is 23.7 Å². The molecule has 10 heteroatoms. The number of aryl methyl sites for hydroxylation is 1. The standard InChI is InChI=1S/C31H30N4O6/c1-19-5-9-22(10-6-19)35-31(38)29(20(2)34(35)3)30(37)33-21-7-11-23(12-8-21)41-26-13-14-32-25-18-28(40-16-15-36)27(39-4)17-24(25)26/h5-14,17-18,36H,15-16H2,1-4H3,(H,33,37). The minimum absolute atomic E-state index is 0.0768. The van der Waals surface area contributed by atoms with E-state index in [0.717, 1.165) is 5.56 Å². The third kappa shape index (κ3) is 5.50. The molecule has 3 aromatic carbocycles. The van der Waals surface area contributed by atoms with Gasteiger partial charge in [-0.15, -0.1) is 0 Å². The largest absolute Gasteiger partial charge is 0.493 e. The number of rotatable bonds is 9. The second kappa shape index (κ2) is 11.6. The van der Waals surface area contributed by atoms with Crippen molar-refractivity contribution in [2.24, 2.45) is 7.05 Å². The Labute approximate surface area is 236 Å². The van der Waals surface area contributed by atoms with Gasteiger partial charge in [-0.1, -0.05) is 17.7 Å². The summed E-state index contributed by atoms with van der Waals surface area (Å²) in [7, 11) is 3.28. The van der Waals surface area contributed by atoms with Crippen LogP contribution in [0.4, 0.5) is 5.69 Å². The Kier molecular flexibility index (Phi) is 7.75. The molecule has 41 heavy (non-hydrogen) atoms. The van der Waals surface area contributed by atoms with Gasteiger partial charge in [0.15, 0.2) is 11.5 Å². The van der Waals surface area contributed by atoms with Crippen LogP contribution >= 0.6 is 0 Å². The molecule has 2 heterocycles. The van der Waals surface area contributed by atoms with E-state index in [1.165, 1.54) is 11.8 Å². The maximum Gasteiger partial charge on any atom is 0.284 e. The van der Waals surface area contributed by atoms with Crippen molar-refractivity contribution in [1.29, 1.82) is 0 Å². The number of nitrogens with one attached hydrogen (secondary N) is 1. The van der Waals surface area contributed by atoms with Crippen LogP contribution in [0.3, 0.4) is 0 Å².